The lowest BCUT2D eigenvalue weighted by Crippen LogP contribution is -2.61. The van der Waals surface area contributed by atoms with Crippen LogP contribution in [0.5, 0.6) is 0 Å². The molecule has 0 bridgehead atoms. The number of hydrogen-bond donors (Lipinski definition) is 0. The number of hydrogen-bond acceptors (Lipinski definition) is 0. The van der Waals surface area contributed by atoms with Gasteiger partial charge in [0.1, 0.15) is 0 Å². The van der Waals surface area contributed by atoms with Crippen molar-refractivity contribution in [2.75, 3.05) is 0 Å². The molecule has 0 spiro atoms. The Morgan fingerprint density at radius 3 is 1.63 bits per heavy atom. The molecule has 0 N–H and O–H groups in total. The molecule has 0 aromatic carbocycles. The molecule has 7 atom stereocenters. The Hall–Kier alpha value is -1.56. The van der Waals surface area contributed by atoms with Crippen molar-refractivity contribution in [1.29, 1.82) is 0 Å². The van der Waals surface area contributed by atoms with E-state index in [0.29, 0.717) is 27.1 Å². The van der Waals surface area contributed by atoms with Gasteiger partial charge in [-0.05, 0) is 161 Å². The first-order chi connectivity index (χ1) is 22.0. The molecule has 0 radical (unpaired) electrons. The highest BCUT2D eigenvalue weighted by Gasteiger charge is 2.69. The maximum atomic E-state index is 3.63. The van der Waals surface area contributed by atoms with Crippen LogP contribution in [0.3, 0.4) is 0 Å². The predicted molar refractivity (Wildman–Crippen MR) is 213 cm³/mol. The van der Waals surface area contributed by atoms with E-state index in [9.17, 15) is 0 Å². The fourth-order valence-electron chi connectivity index (χ4n) is 11.8. The number of rotatable bonds is 8. The van der Waals surface area contributed by atoms with Crippen LogP contribution in [-0.2, 0) is 0 Å². The van der Waals surface area contributed by atoms with Crippen molar-refractivity contribution in [2.24, 2.45) is 44.8 Å². The van der Waals surface area contributed by atoms with Crippen LogP contribution >= 0.6 is 0 Å². The molecule has 1 unspecified atom stereocenters. The quantitative estimate of drug-likeness (QED) is 0.184. The molecule has 4 fully saturated rings. The Labute approximate surface area is 291 Å². The fraction of sp³-hybridized carbons (Fsp3) is 0.739. The monoisotopic (exact) mass is 635 g/mol. The third-order valence-electron chi connectivity index (χ3n) is 14.4. The topological polar surface area (TPSA) is 0 Å². The van der Waals surface area contributed by atoms with E-state index in [4.69, 9.17) is 0 Å². The molecular weight excluding hydrogens is 553 g/mol. The molecule has 266 valence electrons. The van der Waals surface area contributed by atoms with Crippen molar-refractivity contribution in [3.8, 4) is 0 Å². The van der Waals surface area contributed by atoms with Crippen LogP contribution in [0.2, 0.25) is 0 Å². The van der Waals surface area contributed by atoms with E-state index >= 15 is 0 Å². The summed E-state index contributed by atoms with van der Waals surface area (Å²) >= 11 is 0. The lowest BCUT2D eigenvalue weighted by molar-refractivity contribution is -0.192. The molecule has 0 aliphatic heterocycles. The van der Waals surface area contributed by atoms with E-state index in [2.05, 4.69) is 101 Å². The molecule has 0 heterocycles. The Bertz CT molecular complexity index is 959. The highest BCUT2D eigenvalue weighted by atomic mass is 14.7. The summed E-state index contributed by atoms with van der Waals surface area (Å²) in [7, 11) is 0. The van der Waals surface area contributed by atoms with Crippen LogP contribution < -0.4 is 0 Å². The molecule has 0 aromatic heterocycles. The number of allylic oxidation sites excluding steroid dienone is 6. The smallest absolute Gasteiger partial charge is 0.0104 e. The van der Waals surface area contributed by atoms with Crippen molar-refractivity contribution in [3.05, 3.63) is 74.9 Å². The fourth-order valence-corrected chi connectivity index (χ4v) is 11.8. The Kier molecular flexibility index (Phi) is 19.4. The third kappa shape index (κ3) is 8.17. The van der Waals surface area contributed by atoms with Crippen LogP contribution in [0.1, 0.15) is 172 Å². The van der Waals surface area contributed by atoms with Gasteiger partial charge >= 0.3 is 0 Å². The Balaban J connectivity index is 0.00000124. The molecule has 0 aromatic rings. The van der Waals surface area contributed by atoms with Gasteiger partial charge in [-0.15, -0.1) is 32.9 Å². The minimum atomic E-state index is 0.534. The van der Waals surface area contributed by atoms with Gasteiger partial charge in [0, 0.05) is 0 Å². The van der Waals surface area contributed by atoms with Crippen LogP contribution in [0.4, 0.5) is 0 Å². The van der Waals surface area contributed by atoms with Crippen LogP contribution in [0, 0.1) is 44.8 Å². The Morgan fingerprint density at radius 1 is 0.652 bits per heavy atom. The predicted octanol–water partition coefficient (Wildman–Crippen LogP) is 15.7. The first-order valence-electron chi connectivity index (χ1n) is 19.5. The van der Waals surface area contributed by atoms with Gasteiger partial charge in [0.2, 0.25) is 0 Å². The molecule has 4 aliphatic carbocycles. The van der Waals surface area contributed by atoms with E-state index in [1.807, 2.05) is 39.0 Å². The van der Waals surface area contributed by atoms with Gasteiger partial charge in [-0.2, -0.15) is 0 Å². The second-order valence-corrected chi connectivity index (χ2v) is 15.4. The minimum absolute atomic E-state index is 0.534. The van der Waals surface area contributed by atoms with E-state index in [1.165, 1.54) is 95.5 Å². The molecule has 46 heavy (non-hydrogen) atoms. The van der Waals surface area contributed by atoms with Gasteiger partial charge in [0.15, 0.2) is 0 Å². The molecule has 4 saturated carbocycles. The summed E-state index contributed by atoms with van der Waals surface area (Å²) in [6.07, 6.45) is 29.7. The van der Waals surface area contributed by atoms with Gasteiger partial charge in [0.05, 0.1) is 0 Å². The molecule has 4 aliphatic rings. The van der Waals surface area contributed by atoms with E-state index in [0.717, 1.165) is 24.2 Å². The lowest BCUT2D eigenvalue weighted by Gasteiger charge is -2.68. The van der Waals surface area contributed by atoms with Gasteiger partial charge in [-0.25, -0.2) is 0 Å². The van der Waals surface area contributed by atoms with Crippen LogP contribution in [0.15, 0.2) is 74.9 Å². The van der Waals surface area contributed by atoms with Gasteiger partial charge in [-0.3, -0.25) is 0 Å². The van der Waals surface area contributed by atoms with Crippen molar-refractivity contribution in [2.45, 2.75) is 172 Å². The molecule has 0 nitrogen and oxygen atoms in total. The average Bonchev–Trinajstić information content (AvgIpc) is 3.35. The van der Waals surface area contributed by atoms with Gasteiger partial charge < -0.3 is 0 Å². The molecule has 0 heteroatoms. The standard InChI is InChI=1S/C32H56.C8H12.C2H6.2C2H4/c1-9-24(10-2)25-16-19-31(12-4)26-15-18-30(11-3)22-20-28(6,7)21-23-32(30,13-5)27(26)14-17-29(25,31)8;1-4-7-8(5-2)6-3;3*1-2/h9,25-27H,10-23H2,1-8H3;4-6H,1-2,7H2,3H3;1-2H3;2*1-2H2/b24-9+;8-6+;;;/t25-,26-,27?,29-,30-,31+,32-;;;;/m1..../s1. The van der Waals surface area contributed by atoms with Crippen molar-refractivity contribution >= 4 is 0 Å². The van der Waals surface area contributed by atoms with E-state index in [-0.39, 0.29) is 0 Å². The summed E-state index contributed by atoms with van der Waals surface area (Å²) in [6.45, 7) is 45.6. The van der Waals surface area contributed by atoms with Crippen LogP contribution in [0.25, 0.3) is 0 Å². The lowest BCUT2D eigenvalue weighted by atomic mass is 9.36. The molecule has 0 amide bonds. The third-order valence-corrected chi connectivity index (χ3v) is 14.4. The highest BCUT2D eigenvalue weighted by molar-refractivity contribution is 5.23. The highest BCUT2D eigenvalue weighted by Crippen LogP contribution is 2.77. The summed E-state index contributed by atoms with van der Waals surface area (Å²) in [5, 5.41) is 0. The first-order valence-corrected chi connectivity index (χ1v) is 19.5. The Morgan fingerprint density at radius 2 is 1.20 bits per heavy atom. The SMILES string of the molecule is C/C=C(\CC)[C@H]1CC[C@@]2(CC)[C@@H]3CC[C@]4(CC)CCC(C)(C)CC[C@]4(CC)C3CC[C@]12C.C=C.C=C.C=CC/C(C=C)=C/C.CC. The van der Waals surface area contributed by atoms with Crippen molar-refractivity contribution < 1.29 is 0 Å². The van der Waals surface area contributed by atoms with Gasteiger partial charge in [-0.1, -0.05) is 98.8 Å². The summed E-state index contributed by atoms with van der Waals surface area (Å²) in [5.74, 6) is 2.81. The molecule has 4 rings (SSSR count). The summed E-state index contributed by atoms with van der Waals surface area (Å²) in [6, 6.07) is 0. The maximum Gasteiger partial charge on any atom is -0.0104 e. The normalized spacial score (nSPS) is 35.9. The maximum absolute atomic E-state index is 3.63. The van der Waals surface area contributed by atoms with Crippen molar-refractivity contribution in [3.63, 3.8) is 0 Å². The van der Waals surface area contributed by atoms with Crippen molar-refractivity contribution in [1.82, 2.24) is 0 Å². The zero-order valence-corrected chi connectivity index (χ0v) is 33.4. The van der Waals surface area contributed by atoms with Gasteiger partial charge in [0.25, 0.3) is 0 Å². The first kappa shape index (κ1) is 44.4. The summed E-state index contributed by atoms with van der Waals surface area (Å²) in [4.78, 5) is 0. The molecule has 0 saturated heterocycles. The number of fused-ring (bicyclic) bond motifs is 5. The summed E-state index contributed by atoms with van der Waals surface area (Å²) in [5.41, 5.74) is 5.91. The zero-order valence-electron chi connectivity index (χ0n) is 33.4. The largest absolute Gasteiger partial charge is 0.106 e. The minimum Gasteiger partial charge on any atom is -0.106 e. The summed E-state index contributed by atoms with van der Waals surface area (Å²) < 4.78 is 0. The van der Waals surface area contributed by atoms with E-state index in [1.54, 1.807) is 5.57 Å². The second-order valence-electron chi connectivity index (χ2n) is 15.4. The zero-order chi connectivity index (χ0) is 35.8. The van der Waals surface area contributed by atoms with E-state index < -0.39 is 0 Å². The second kappa shape index (κ2) is 20.1. The molecular formula is C46H82. The average molecular weight is 635 g/mol. The van der Waals surface area contributed by atoms with Crippen LogP contribution in [-0.4, -0.2) is 0 Å².